The Morgan fingerprint density at radius 1 is 1.63 bits per heavy atom. The zero-order valence-electron chi connectivity index (χ0n) is 11.2. The summed E-state index contributed by atoms with van der Waals surface area (Å²) in [6.45, 7) is 1.83. The first kappa shape index (κ1) is 13.7. The van der Waals surface area contributed by atoms with Crippen LogP contribution in [0.25, 0.3) is 0 Å². The van der Waals surface area contributed by atoms with Crippen LogP contribution in [-0.2, 0) is 9.53 Å². The Morgan fingerprint density at radius 2 is 2.42 bits per heavy atom. The first-order valence-electron chi connectivity index (χ1n) is 6.36. The van der Waals surface area contributed by atoms with Gasteiger partial charge in [-0.3, -0.25) is 4.79 Å². The summed E-state index contributed by atoms with van der Waals surface area (Å²) in [5.74, 6) is -0.0394. The Bertz CT molecular complexity index is 443. The molecule has 0 spiro atoms. The van der Waals surface area contributed by atoms with Crippen LogP contribution in [0.15, 0.2) is 18.6 Å². The maximum Gasteiger partial charge on any atom is 0.311 e. The third kappa shape index (κ3) is 2.83. The molecule has 1 aromatic heterocycles. The Hall–Kier alpha value is -1.72. The summed E-state index contributed by atoms with van der Waals surface area (Å²) >= 11 is 0. The third-order valence-electron chi connectivity index (χ3n) is 3.74. The van der Waals surface area contributed by atoms with E-state index in [9.17, 15) is 9.28 Å². The second-order valence-corrected chi connectivity index (χ2v) is 5.18. The van der Waals surface area contributed by atoms with Gasteiger partial charge in [0.1, 0.15) is 6.33 Å². The standard InChI is InChI=1S/C13H18FN3O2/c1-13(12(18)19-2)6-3-4-10(8-13)17(14)11-5-7-15-9-16-11/h5,7,9-10H,3-4,6,8H2,1-2H3. The summed E-state index contributed by atoms with van der Waals surface area (Å²) in [5, 5.41) is 0.641. The highest BCUT2D eigenvalue weighted by Gasteiger charge is 2.42. The van der Waals surface area contributed by atoms with E-state index < -0.39 is 5.41 Å². The van der Waals surface area contributed by atoms with Crippen LogP contribution in [0.2, 0.25) is 0 Å². The van der Waals surface area contributed by atoms with Gasteiger partial charge in [-0.2, -0.15) is 5.12 Å². The highest BCUT2D eigenvalue weighted by molar-refractivity contribution is 5.76. The minimum Gasteiger partial charge on any atom is -0.469 e. The summed E-state index contributed by atoms with van der Waals surface area (Å²) in [6, 6.07) is 1.16. The molecule has 1 fully saturated rings. The van der Waals surface area contributed by atoms with Crippen LogP contribution in [0.4, 0.5) is 10.3 Å². The lowest BCUT2D eigenvalue weighted by Crippen LogP contribution is -2.42. The van der Waals surface area contributed by atoms with E-state index in [-0.39, 0.29) is 17.8 Å². The molecule has 104 valence electrons. The number of hydrogen-bond donors (Lipinski definition) is 0. The predicted molar refractivity (Wildman–Crippen MR) is 68.0 cm³/mol. The number of hydrogen-bond acceptors (Lipinski definition) is 5. The topological polar surface area (TPSA) is 55.3 Å². The van der Waals surface area contributed by atoms with Gasteiger partial charge in [-0.15, -0.1) is 0 Å². The number of anilines is 1. The SMILES string of the molecule is COC(=O)C1(C)CCCC(N(F)c2ccncn2)C1. The maximum atomic E-state index is 14.3. The zero-order valence-corrected chi connectivity index (χ0v) is 11.2. The molecule has 19 heavy (non-hydrogen) atoms. The summed E-state index contributed by atoms with van der Waals surface area (Å²) in [4.78, 5) is 19.5. The smallest absolute Gasteiger partial charge is 0.311 e. The number of esters is 1. The van der Waals surface area contributed by atoms with Crippen molar-refractivity contribution in [1.29, 1.82) is 0 Å². The molecule has 2 atom stereocenters. The molecule has 0 aliphatic heterocycles. The van der Waals surface area contributed by atoms with E-state index in [0.29, 0.717) is 18.0 Å². The molecular weight excluding hydrogens is 249 g/mol. The second-order valence-electron chi connectivity index (χ2n) is 5.18. The normalized spacial score (nSPS) is 26.8. The molecule has 5 nitrogen and oxygen atoms in total. The van der Waals surface area contributed by atoms with Crippen molar-refractivity contribution in [2.75, 3.05) is 12.2 Å². The fourth-order valence-corrected chi connectivity index (χ4v) is 2.67. The molecule has 2 unspecified atom stereocenters. The minimum atomic E-state index is -0.616. The van der Waals surface area contributed by atoms with Gasteiger partial charge >= 0.3 is 5.97 Å². The van der Waals surface area contributed by atoms with Crippen LogP contribution >= 0.6 is 0 Å². The number of aromatic nitrogens is 2. The molecule has 0 amide bonds. The summed E-state index contributed by atoms with van der Waals surface area (Å²) < 4.78 is 19.1. The number of rotatable bonds is 3. The fourth-order valence-electron chi connectivity index (χ4n) is 2.67. The summed E-state index contributed by atoms with van der Waals surface area (Å²) in [5.41, 5.74) is -0.616. The second kappa shape index (κ2) is 5.50. The van der Waals surface area contributed by atoms with E-state index in [1.54, 1.807) is 0 Å². The highest BCUT2D eigenvalue weighted by atomic mass is 19.2. The largest absolute Gasteiger partial charge is 0.469 e. The van der Waals surface area contributed by atoms with Crippen LogP contribution < -0.4 is 5.12 Å². The van der Waals surface area contributed by atoms with E-state index in [4.69, 9.17) is 4.74 Å². The number of carbonyl (C=O) groups is 1. The number of carbonyl (C=O) groups excluding carboxylic acids is 1. The molecular formula is C13H18FN3O2. The average molecular weight is 267 g/mol. The van der Waals surface area contributed by atoms with E-state index in [0.717, 1.165) is 12.8 Å². The summed E-state index contributed by atoms with van der Waals surface area (Å²) in [7, 11) is 1.37. The lowest BCUT2D eigenvalue weighted by atomic mass is 9.73. The molecule has 1 aliphatic carbocycles. The van der Waals surface area contributed by atoms with Crippen molar-refractivity contribution in [2.45, 2.75) is 38.6 Å². The van der Waals surface area contributed by atoms with Gasteiger partial charge in [0, 0.05) is 12.3 Å². The monoisotopic (exact) mass is 267 g/mol. The van der Waals surface area contributed by atoms with Gasteiger partial charge in [-0.05, 0) is 26.2 Å². The predicted octanol–water partition coefficient (Wildman–Crippen LogP) is 2.29. The van der Waals surface area contributed by atoms with Crippen molar-refractivity contribution >= 4 is 11.8 Å². The molecule has 2 rings (SSSR count). The van der Waals surface area contributed by atoms with Crippen LogP contribution in [-0.4, -0.2) is 29.1 Å². The van der Waals surface area contributed by atoms with Crippen molar-refractivity contribution < 1.29 is 14.0 Å². The average Bonchev–Trinajstić information content (AvgIpc) is 2.46. The molecule has 0 radical (unpaired) electrons. The summed E-state index contributed by atoms with van der Waals surface area (Å²) in [6.07, 6.45) is 5.46. The molecule has 0 saturated heterocycles. The van der Waals surface area contributed by atoms with Gasteiger partial charge in [-0.1, -0.05) is 10.9 Å². The van der Waals surface area contributed by atoms with Crippen LogP contribution in [0.5, 0.6) is 0 Å². The van der Waals surface area contributed by atoms with Crippen molar-refractivity contribution in [2.24, 2.45) is 5.41 Å². The lowest BCUT2D eigenvalue weighted by Gasteiger charge is -2.37. The number of halogens is 1. The Balaban J connectivity index is 2.11. The third-order valence-corrected chi connectivity index (χ3v) is 3.74. The van der Waals surface area contributed by atoms with Gasteiger partial charge in [-0.25, -0.2) is 9.97 Å². The van der Waals surface area contributed by atoms with Crippen LogP contribution in [0.1, 0.15) is 32.6 Å². The van der Waals surface area contributed by atoms with Gasteiger partial charge in [0.25, 0.3) is 0 Å². The van der Waals surface area contributed by atoms with E-state index in [1.807, 2.05) is 6.92 Å². The minimum absolute atomic E-state index is 0.231. The lowest BCUT2D eigenvalue weighted by molar-refractivity contribution is -0.154. The van der Waals surface area contributed by atoms with Crippen LogP contribution in [0, 0.1) is 5.41 Å². The van der Waals surface area contributed by atoms with Crippen molar-refractivity contribution in [3.63, 3.8) is 0 Å². The van der Waals surface area contributed by atoms with Crippen molar-refractivity contribution in [1.82, 2.24) is 9.97 Å². The van der Waals surface area contributed by atoms with Gasteiger partial charge in [0.15, 0.2) is 5.82 Å². The van der Waals surface area contributed by atoms with E-state index >= 15 is 0 Å². The van der Waals surface area contributed by atoms with Gasteiger partial charge in [0.05, 0.1) is 18.6 Å². The van der Waals surface area contributed by atoms with Crippen LogP contribution in [0.3, 0.4) is 0 Å². The Labute approximate surface area is 111 Å². The zero-order chi connectivity index (χ0) is 13.9. The molecule has 1 aliphatic rings. The van der Waals surface area contributed by atoms with Gasteiger partial charge in [0.2, 0.25) is 0 Å². The number of methoxy groups -OCH3 is 1. The first-order chi connectivity index (χ1) is 9.07. The Morgan fingerprint density at radius 3 is 3.05 bits per heavy atom. The fraction of sp³-hybridized carbons (Fsp3) is 0.615. The molecule has 1 aromatic rings. The Kier molecular flexibility index (Phi) is 3.97. The first-order valence-corrected chi connectivity index (χ1v) is 6.36. The molecule has 0 N–H and O–H groups in total. The molecule has 6 heteroatoms. The molecule has 1 heterocycles. The molecule has 1 saturated carbocycles. The van der Waals surface area contributed by atoms with Gasteiger partial charge < -0.3 is 4.74 Å². The number of ether oxygens (including phenoxy) is 1. The molecule has 0 aromatic carbocycles. The molecule has 0 bridgehead atoms. The van der Waals surface area contributed by atoms with E-state index in [2.05, 4.69) is 9.97 Å². The highest BCUT2D eigenvalue weighted by Crippen LogP contribution is 2.39. The van der Waals surface area contributed by atoms with Crippen molar-refractivity contribution in [3.05, 3.63) is 18.6 Å². The number of nitrogens with zero attached hydrogens (tertiary/aromatic N) is 3. The van der Waals surface area contributed by atoms with Crippen molar-refractivity contribution in [3.8, 4) is 0 Å². The quantitative estimate of drug-likeness (QED) is 0.621. The van der Waals surface area contributed by atoms with E-state index in [1.165, 1.54) is 25.7 Å². The maximum absolute atomic E-state index is 14.3.